The molecule has 0 unspecified atom stereocenters. The molecule has 1 aliphatic rings. The van der Waals surface area contributed by atoms with Crippen LogP contribution in [0.1, 0.15) is 10.4 Å². The van der Waals surface area contributed by atoms with Crippen LogP contribution in [0, 0.1) is 0 Å². The van der Waals surface area contributed by atoms with Crippen LogP contribution in [0.4, 0.5) is 5.69 Å². The van der Waals surface area contributed by atoms with Crippen molar-refractivity contribution in [1.29, 1.82) is 0 Å². The van der Waals surface area contributed by atoms with E-state index < -0.39 is 0 Å². The van der Waals surface area contributed by atoms with E-state index in [4.69, 9.17) is 4.42 Å². The number of furan rings is 1. The van der Waals surface area contributed by atoms with Gasteiger partial charge in [0, 0.05) is 22.6 Å². The third-order valence-electron chi connectivity index (χ3n) is 4.69. The standard InChI is InChI=1S/C22H16N2O2S/c25-22(24-11-13-27-21-10-4-3-8-19(21)24)16-14-18(20-9-5-12-26-20)23-17-7-2-1-6-15(16)17/h1-10,12,14H,11,13H2. The number of anilines is 1. The fourth-order valence-corrected chi connectivity index (χ4v) is 4.42. The average molecular weight is 372 g/mol. The van der Waals surface area contributed by atoms with Gasteiger partial charge in [0.15, 0.2) is 5.76 Å². The number of aromatic nitrogens is 1. The molecule has 4 aromatic rings. The lowest BCUT2D eigenvalue weighted by Gasteiger charge is -2.29. The molecule has 0 saturated carbocycles. The lowest BCUT2D eigenvalue weighted by Crippen LogP contribution is -2.35. The van der Waals surface area contributed by atoms with Crippen LogP contribution < -0.4 is 4.90 Å². The normalized spacial score (nSPS) is 13.6. The lowest BCUT2D eigenvalue weighted by atomic mass is 10.0. The van der Waals surface area contributed by atoms with Crippen LogP contribution in [-0.4, -0.2) is 23.2 Å². The van der Waals surface area contributed by atoms with Crippen LogP contribution >= 0.6 is 11.8 Å². The van der Waals surface area contributed by atoms with Crippen molar-refractivity contribution in [3.05, 3.63) is 78.6 Å². The van der Waals surface area contributed by atoms with Gasteiger partial charge in [-0.15, -0.1) is 11.8 Å². The maximum Gasteiger partial charge on any atom is 0.259 e. The van der Waals surface area contributed by atoms with Crippen molar-refractivity contribution in [3.8, 4) is 11.5 Å². The van der Waals surface area contributed by atoms with Crippen molar-refractivity contribution < 1.29 is 9.21 Å². The molecule has 0 atom stereocenters. The lowest BCUT2D eigenvalue weighted by molar-refractivity contribution is 0.0989. The number of benzene rings is 2. The number of fused-ring (bicyclic) bond motifs is 2. The monoisotopic (exact) mass is 372 g/mol. The van der Waals surface area contributed by atoms with Gasteiger partial charge in [-0.05, 0) is 36.4 Å². The highest BCUT2D eigenvalue weighted by atomic mass is 32.2. The first-order valence-electron chi connectivity index (χ1n) is 8.78. The smallest absolute Gasteiger partial charge is 0.259 e. The fraction of sp³-hybridized carbons (Fsp3) is 0.0909. The van der Waals surface area contributed by atoms with Gasteiger partial charge >= 0.3 is 0 Å². The Morgan fingerprint density at radius 2 is 1.89 bits per heavy atom. The number of amides is 1. The number of carbonyl (C=O) groups excluding carboxylic acids is 1. The Kier molecular flexibility index (Phi) is 3.94. The largest absolute Gasteiger partial charge is 0.463 e. The number of carbonyl (C=O) groups is 1. The fourth-order valence-electron chi connectivity index (χ4n) is 3.43. The third kappa shape index (κ3) is 2.80. The molecular formula is C22H16N2O2S. The van der Waals surface area contributed by atoms with Crippen LogP contribution in [0.5, 0.6) is 0 Å². The summed E-state index contributed by atoms with van der Waals surface area (Å²) in [5.41, 5.74) is 3.07. The minimum atomic E-state index is -0.00541. The molecule has 3 heterocycles. The summed E-state index contributed by atoms with van der Waals surface area (Å²) in [4.78, 5) is 21.3. The molecule has 0 radical (unpaired) electrons. The Hall–Kier alpha value is -3.05. The van der Waals surface area contributed by atoms with Gasteiger partial charge in [-0.2, -0.15) is 0 Å². The predicted molar refractivity (Wildman–Crippen MR) is 108 cm³/mol. The molecule has 5 heteroatoms. The number of rotatable bonds is 2. The Bertz CT molecular complexity index is 1140. The number of hydrogen-bond donors (Lipinski definition) is 0. The van der Waals surface area contributed by atoms with Crippen molar-refractivity contribution in [2.24, 2.45) is 0 Å². The summed E-state index contributed by atoms with van der Waals surface area (Å²) in [7, 11) is 0. The van der Waals surface area contributed by atoms with Crippen LogP contribution in [0.15, 0.2) is 82.3 Å². The van der Waals surface area contributed by atoms with Gasteiger partial charge in [0.25, 0.3) is 5.91 Å². The molecule has 4 nitrogen and oxygen atoms in total. The molecule has 5 rings (SSSR count). The Morgan fingerprint density at radius 1 is 1.04 bits per heavy atom. The summed E-state index contributed by atoms with van der Waals surface area (Å²) >= 11 is 1.79. The summed E-state index contributed by atoms with van der Waals surface area (Å²) in [6.45, 7) is 0.688. The second kappa shape index (κ2) is 6.59. The topological polar surface area (TPSA) is 46.3 Å². The first kappa shape index (κ1) is 16.1. The zero-order valence-corrected chi connectivity index (χ0v) is 15.3. The molecule has 27 heavy (non-hydrogen) atoms. The predicted octanol–water partition coefficient (Wildman–Crippen LogP) is 5.25. The quantitative estimate of drug-likeness (QED) is 0.482. The minimum absolute atomic E-state index is 0.00541. The molecule has 0 N–H and O–H groups in total. The van der Waals surface area contributed by atoms with Crippen molar-refractivity contribution >= 4 is 34.3 Å². The Labute approximate surface area is 160 Å². The van der Waals surface area contributed by atoms with Crippen molar-refractivity contribution in [2.45, 2.75) is 4.90 Å². The number of para-hydroxylation sites is 2. The molecule has 1 amide bonds. The molecule has 0 bridgehead atoms. The van der Waals surface area contributed by atoms with E-state index in [1.54, 1.807) is 18.0 Å². The van der Waals surface area contributed by atoms with Crippen LogP contribution in [-0.2, 0) is 0 Å². The maximum absolute atomic E-state index is 13.6. The summed E-state index contributed by atoms with van der Waals surface area (Å²) in [5.74, 6) is 1.54. The number of nitrogens with zero attached hydrogens (tertiary/aromatic N) is 2. The molecule has 2 aromatic carbocycles. The zero-order valence-electron chi connectivity index (χ0n) is 14.5. The number of thioether (sulfide) groups is 1. The van der Waals surface area contributed by atoms with Gasteiger partial charge in [-0.1, -0.05) is 30.3 Å². The van der Waals surface area contributed by atoms with Crippen molar-refractivity contribution in [2.75, 3.05) is 17.2 Å². The van der Waals surface area contributed by atoms with E-state index in [0.29, 0.717) is 23.6 Å². The van der Waals surface area contributed by atoms with E-state index in [9.17, 15) is 4.79 Å². The SMILES string of the molecule is O=C(c1cc(-c2ccco2)nc2ccccc12)N1CCSc2ccccc21. The first-order chi connectivity index (χ1) is 13.3. The Morgan fingerprint density at radius 3 is 2.78 bits per heavy atom. The van der Waals surface area contributed by atoms with Crippen LogP contribution in [0.2, 0.25) is 0 Å². The second-order valence-electron chi connectivity index (χ2n) is 6.32. The first-order valence-corrected chi connectivity index (χ1v) is 9.77. The highest BCUT2D eigenvalue weighted by Crippen LogP contribution is 2.36. The van der Waals surface area contributed by atoms with Crippen LogP contribution in [0.25, 0.3) is 22.4 Å². The van der Waals surface area contributed by atoms with E-state index in [2.05, 4.69) is 11.1 Å². The summed E-state index contributed by atoms with van der Waals surface area (Å²) in [5, 5.41) is 0.855. The van der Waals surface area contributed by atoms with Gasteiger partial charge in [0.2, 0.25) is 0 Å². The van der Waals surface area contributed by atoms with Gasteiger partial charge in [0.05, 0.1) is 23.0 Å². The third-order valence-corrected chi connectivity index (χ3v) is 5.74. The van der Waals surface area contributed by atoms with Gasteiger partial charge in [-0.25, -0.2) is 4.98 Å². The van der Waals surface area contributed by atoms with E-state index in [1.165, 1.54) is 0 Å². The van der Waals surface area contributed by atoms with Crippen LogP contribution in [0.3, 0.4) is 0 Å². The van der Waals surface area contributed by atoms with Crippen molar-refractivity contribution in [3.63, 3.8) is 0 Å². The van der Waals surface area contributed by atoms with E-state index in [0.717, 1.165) is 27.2 Å². The molecule has 132 valence electrons. The molecular weight excluding hydrogens is 356 g/mol. The highest BCUT2D eigenvalue weighted by molar-refractivity contribution is 7.99. The van der Waals surface area contributed by atoms with E-state index in [-0.39, 0.29) is 5.91 Å². The highest BCUT2D eigenvalue weighted by Gasteiger charge is 2.26. The van der Waals surface area contributed by atoms with Gasteiger partial charge in [-0.3, -0.25) is 4.79 Å². The second-order valence-corrected chi connectivity index (χ2v) is 7.46. The minimum Gasteiger partial charge on any atom is -0.463 e. The van der Waals surface area contributed by atoms with Gasteiger partial charge in [0.1, 0.15) is 5.69 Å². The molecule has 0 spiro atoms. The molecule has 2 aromatic heterocycles. The molecule has 0 aliphatic carbocycles. The molecule has 1 aliphatic heterocycles. The summed E-state index contributed by atoms with van der Waals surface area (Å²) < 4.78 is 5.51. The average Bonchev–Trinajstić information content (AvgIpc) is 3.27. The molecule has 0 fully saturated rings. The van der Waals surface area contributed by atoms with Gasteiger partial charge < -0.3 is 9.32 Å². The van der Waals surface area contributed by atoms with E-state index in [1.807, 2.05) is 65.6 Å². The Balaban J connectivity index is 1.68. The summed E-state index contributed by atoms with van der Waals surface area (Å²) in [6, 6.07) is 21.3. The summed E-state index contributed by atoms with van der Waals surface area (Å²) in [6.07, 6.45) is 1.62. The maximum atomic E-state index is 13.6. The number of pyridine rings is 1. The number of hydrogen-bond acceptors (Lipinski definition) is 4. The molecule has 0 saturated heterocycles. The van der Waals surface area contributed by atoms with E-state index >= 15 is 0 Å². The zero-order chi connectivity index (χ0) is 18.2. The van der Waals surface area contributed by atoms with Crippen molar-refractivity contribution in [1.82, 2.24) is 4.98 Å².